The number of amides is 1. The van der Waals surface area contributed by atoms with Gasteiger partial charge in [-0.15, -0.1) is 21.5 Å². The van der Waals surface area contributed by atoms with Crippen LogP contribution in [0.3, 0.4) is 0 Å². The molecule has 0 aliphatic heterocycles. The van der Waals surface area contributed by atoms with Crippen molar-refractivity contribution in [2.75, 3.05) is 5.32 Å². The standard InChI is InChI=1S/C16H14N4OS2/c1-11-17-13(10-22-11)7-8-14(21)18-16-20-19-15(23-16)9-12-5-3-2-4-6-12/h2-8,10H,9H2,1H3,(H,18,20,21)/b8-7+. The third-order valence-electron chi connectivity index (χ3n) is 2.94. The van der Waals surface area contributed by atoms with Gasteiger partial charge in [0.15, 0.2) is 0 Å². The molecular weight excluding hydrogens is 328 g/mol. The van der Waals surface area contributed by atoms with E-state index in [1.165, 1.54) is 23.0 Å². The molecule has 1 N–H and O–H groups in total. The predicted molar refractivity (Wildman–Crippen MR) is 93.7 cm³/mol. The van der Waals surface area contributed by atoms with Crippen LogP contribution in [0.25, 0.3) is 6.08 Å². The Labute approximate surface area is 141 Å². The number of hydrogen-bond acceptors (Lipinski definition) is 6. The summed E-state index contributed by atoms with van der Waals surface area (Å²) >= 11 is 2.93. The maximum atomic E-state index is 11.9. The molecule has 0 fully saturated rings. The van der Waals surface area contributed by atoms with Crippen molar-refractivity contribution in [3.05, 3.63) is 63.1 Å². The maximum Gasteiger partial charge on any atom is 0.250 e. The summed E-state index contributed by atoms with van der Waals surface area (Å²) in [5.41, 5.74) is 1.95. The third-order valence-corrected chi connectivity index (χ3v) is 4.57. The molecule has 0 radical (unpaired) electrons. The molecule has 0 spiro atoms. The average molecular weight is 342 g/mol. The van der Waals surface area contributed by atoms with Crippen LogP contribution in [-0.4, -0.2) is 21.1 Å². The minimum atomic E-state index is -0.238. The Kier molecular flexibility index (Phi) is 4.89. The summed E-state index contributed by atoms with van der Waals surface area (Å²) in [4.78, 5) is 16.1. The summed E-state index contributed by atoms with van der Waals surface area (Å²) < 4.78 is 0. The first-order valence-electron chi connectivity index (χ1n) is 6.96. The van der Waals surface area contributed by atoms with E-state index in [-0.39, 0.29) is 5.91 Å². The van der Waals surface area contributed by atoms with Crippen LogP contribution in [0.2, 0.25) is 0 Å². The van der Waals surface area contributed by atoms with Crippen molar-refractivity contribution in [3.63, 3.8) is 0 Å². The number of nitrogens with zero attached hydrogens (tertiary/aromatic N) is 3. The smallest absolute Gasteiger partial charge is 0.250 e. The lowest BCUT2D eigenvalue weighted by Gasteiger charge is -1.95. The number of hydrogen-bond donors (Lipinski definition) is 1. The Morgan fingerprint density at radius 2 is 2.09 bits per heavy atom. The second-order valence-corrected chi connectivity index (χ2v) is 6.90. The van der Waals surface area contributed by atoms with E-state index >= 15 is 0 Å². The summed E-state index contributed by atoms with van der Waals surface area (Å²) in [6.07, 6.45) is 3.85. The Bertz CT molecular complexity index is 823. The number of anilines is 1. The Morgan fingerprint density at radius 1 is 1.26 bits per heavy atom. The van der Waals surface area contributed by atoms with Crippen LogP contribution >= 0.6 is 22.7 Å². The molecule has 3 rings (SSSR count). The van der Waals surface area contributed by atoms with Gasteiger partial charge < -0.3 is 0 Å². The molecule has 0 atom stereocenters. The minimum Gasteiger partial charge on any atom is -0.297 e. The van der Waals surface area contributed by atoms with Gasteiger partial charge in [-0.1, -0.05) is 41.7 Å². The van der Waals surface area contributed by atoms with Gasteiger partial charge in [0.1, 0.15) is 5.01 Å². The molecule has 3 aromatic rings. The number of carbonyl (C=O) groups is 1. The van der Waals surface area contributed by atoms with E-state index in [1.807, 2.05) is 42.6 Å². The molecule has 7 heteroatoms. The van der Waals surface area contributed by atoms with E-state index in [4.69, 9.17) is 0 Å². The van der Waals surface area contributed by atoms with E-state index in [9.17, 15) is 4.79 Å². The Balaban J connectivity index is 1.58. The summed E-state index contributed by atoms with van der Waals surface area (Å²) in [5.74, 6) is -0.238. The highest BCUT2D eigenvalue weighted by Gasteiger charge is 2.07. The Morgan fingerprint density at radius 3 is 2.83 bits per heavy atom. The largest absolute Gasteiger partial charge is 0.297 e. The van der Waals surface area contributed by atoms with Gasteiger partial charge in [-0.25, -0.2) is 4.98 Å². The molecular formula is C16H14N4OS2. The lowest BCUT2D eigenvalue weighted by Crippen LogP contribution is -2.07. The van der Waals surface area contributed by atoms with Crippen LogP contribution in [0, 0.1) is 6.92 Å². The molecule has 0 saturated carbocycles. The second kappa shape index (κ2) is 7.26. The predicted octanol–water partition coefficient (Wildman–Crippen LogP) is 3.55. The van der Waals surface area contributed by atoms with Crippen LogP contribution in [0.1, 0.15) is 21.3 Å². The zero-order valence-electron chi connectivity index (χ0n) is 12.4. The quantitative estimate of drug-likeness (QED) is 0.720. The number of benzene rings is 1. The van der Waals surface area contributed by atoms with Crippen molar-refractivity contribution in [1.82, 2.24) is 15.2 Å². The summed E-state index contributed by atoms with van der Waals surface area (Å²) in [7, 11) is 0. The number of carbonyl (C=O) groups excluding carboxylic acids is 1. The van der Waals surface area contributed by atoms with Crippen LogP contribution in [0.5, 0.6) is 0 Å². The van der Waals surface area contributed by atoms with Crippen molar-refractivity contribution >= 4 is 39.8 Å². The summed E-state index contributed by atoms with van der Waals surface area (Å²) in [5, 5.41) is 15.1. The lowest BCUT2D eigenvalue weighted by atomic mass is 10.2. The fourth-order valence-corrected chi connectivity index (χ4v) is 3.27. The molecule has 0 saturated heterocycles. The highest BCUT2D eigenvalue weighted by atomic mass is 32.1. The Hall–Kier alpha value is -2.38. The van der Waals surface area contributed by atoms with E-state index in [0.29, 0.717) is 11.6 Å². The molecule has 2 heterocycles. The molecule has 0 aliphatic carbocycles. The van der Waals surface area contributed by atoms with Crippen molar-refractivity contribution in [2.24, 2.45) is 0 Å². The van der Waals surface area contributed by atoms with Gasteiger partial charge in [0.2, 0.25) is 11.0 Å². The van der Waals surface area contributed by atoms with Crippen molar-refractivity contribution in [3.8, 4) is 0 Å². The first kappa shape index (κ1) is 15.5. The third kappa shape index (κ3) is 4.54. The number of aryl methyl sites for hydroxylation is 1. The fraction of sp³-hybridized carbons (Fsp3) is 0.125. The van der Waals surface area contributed by atoms with Crippen LogP contribution in [0.15, 0.2) is 41.8 Å². The molecule has 0 aliphatic rings. The first-order chi connectivity index (χ1) is 11.2. The summed E-state index contributed by atoms with van der Waals surface area (Å²) in [6, 6.07) is 10.0. The normalized spacial score (nSPS) is 11.0. The SMILES string of the molecule is Cc1nc(/C=C/C(=O)Nc2nnc(Cc3ccccc3)s2)cs1. The van der Waals surface area contributed by atoms with Gasteiger partial charge in [0, 0.05) is 17.9 Å². The molecule has 2 aromatic heterocycles. The molecule has 0 bridgehead atoms. The van der Waals surface area contributed by atoms with Crippen molar-refractivity contribution in [1.29, 1.82) is 0 Å². The van der Waals surface area contributed by atoms with Crippen LogP contribution in [-0.2, 0) is 11.2 Å². The maximum absolute atomic E-state index is 11.9. The molecule has 5 nitrogen and oxygen atoms in total. The molecule has 0 unspecified atom stereocenters. The molecule has 23 heavy (non-hydrogen) atoms. The molecule has 1 aromatic carbocycles. The number of thiazole rings is 1. The van der Waals surface area contributed by atoms with Crippen LogP contribution in [0.4, 0.5) is 5.13 Å². The van der Waals surface area contributed by atoms with E-state index in [2.05, 4.69) is 20.5 Å². The lowest BCUT2D eigenvalue weighted by molar-refractivity contribution is -0.111. The second-order valence-electron chi connectivity index (χ2n) is 4.78. The fourth-order valence-electron chi connectivity index (χ4n) is 1.91. The number of nitrogens with one attached hydrogen (secondary N) is 1. The number of rotatable bonds is 5. The minimum absolute atomic E-state index is 0.238. The zero-order valence-corrected chi connectivity index (χ0v) is 14.0. The van der Waals surface area contributed by atoms with Gasteiger partial charge in [0.25, 0.3) is 0 Å². The highest BCUT2D eigenvalue weighted by Crippen LogP contribution is 2.18. The zero-order chi connectivity index (χ0) is 16.1. The van der Waals surface area contributed by atoms with Gasteiger partial charge in [-0.3, -0.25) is 10.1 Å². The molecule has 1 amide bonds. The van der Waals surface area contributed by atoms with E-state index in [1.54, 1.807) is 17.4 Å². The van der Waals surface area contributed by atoms with E-state index < -0.39 is 0 Å². The van der Waals surface area contributed by atoms with Gasteiger partial charge in [-0.2, -0.15) is 0 Å². The topological polar surface area (TPSA) is 67.8 Å². The molecule has 116 valence electrons. The highest BCUT2D eigenvalue weighted by molar-refractivity contribution is 7.15. The van der Waals surface area contributed by atoms with Crippen molar-refractivity contribution in [2.45, 2.75) is 13.3 Å². The van der Waals surface area contributed by atoms with Gasteiger partial charge in [-0.05, 0) is 18.6 Å². The van der Waals surface area contributed by atoms with Crippen molar-refractivity contribution < 1.29 is 4.79 Å². The monoisotopic (exact) mass is 342 g/mol. The number of aromatic nitrogens is 3. The summed E-state index contributed by atoms with van der Waals surface area (Å²) in [6.45, 7) is 1.93. The van der Waals surface area contributed by atoms with Gasteiger partial charge in [0.05, 0.1) is 10.7 Å². The first-order valence-corrected chi connectivity index (χ1v) is 8.66. The van der Waals surface area contributed by atoms with Crippen LogP contribution < -0.4 is 5.32 Å². The average Bonchev–Trinajstić information content (AvgIpc) is 3.15. The van der Waals surface area contributed by atoms with E-state index in [0.717, 1.165) is 15.7 Å². The van der Waals surface area contributed by atoms with Gasteiger partial charge >= 0.3 is 0 Å².